The molecular formula is C11H13N5O4S2. The summed E-state index contributed by atoms with van der Waals surface area (Å²) >= 11 is 2.52. The molecule has 0 spiro atoms. The molecule has 1 aromatic heterocycles. The SMILES string of the molecule is CC(O)[C@H]1C(=O)N2C(C(=O)O)=C(CSc3n[nH]c(N)n3)S[C@H]12. The van der Waals surface area contributed by atoms with Crippen molar-refractivity contribution in [2.45, 2.75) is 23.6 Å². The van der Waals surface area contributed by atoms with Gasteiger partial charge < -0.3 is 15.9 Å². The topological polar surface area (TPSA) is 145 Å². The Labute approximate surface area is 133 Å². The molecular weight excluding hydrogens is 330 g/mol. The van der Waals surface area contributed by atoms with E-state index < -0.39 is 18.0 Å². The van der Waals surface area contributed by atoms with Crippen molar-refractivity contribution in [2.75, 3.05) is 11.5 Å². The number of carbonyl (C=O) groups is 2. The van der Waals surface area contributed by atoms with E-state index in [2.05, 4.69) is 15.2 Å². The standard InChI is InChI=1S/C11H13N5O4S2/c1-3(17)5-7(18)16-6(9(19)20)4(22-8(5)16)2-21-11-13-10(12)14-15-11/h3,5,8,17H,2H2,1H3,(H,19,20)(H3,12,13,14,15)/t3?,5-,8+/m0/s1. The number of β-lactam (4-membered cyclic amide) rings is 1. The molecule has 1 saturated heterocycles. The van der Waals surface area contributed by atoms with Crippen LogP contribution in [0.3, 0.4) is 0 Å². The maximum absolute atomic E-state index is 12.0. The van der Waals surface area contributed by atoms with Crippen molar-refractivity contribution >= 4 is 41.3 Å². The Kier molecular flexibility index (Phi) is 3.78. The van der Waals surface area contributed by atoms with Crippen molar-refractivity contribution in [1.29, 1.82) is 0 Å². The van der Waals surface area contributed by atoms with Crippen molar-refractivity contribution < 1.29 is 19.8 Å². The van der Waals surface area contributed by atoms with Gasteiger partial charge in [0.2, 0.25) is 17.0 Å². The second kappa shape index (κ2) is 5.48. The van der Waals surface area contributed by atoms with Gasteiger partial charge in [0.15, 0.2) is 0 Å². The van der Waals surface area contributed by atoms with Crippen LogP contribution in [0.2, 0.25) is 0 Å². The van der Waals surface area contributed by atoms with Gasteiger partial charge in [0.05, 0.1) is 12.0 Å². The lowest BCUT2D eigenvalue weighted by Gasteiger charge is -2.43. The average molecular weight is 343 g/mol. The van der Waals surface area contributed by atoms with Crippen LogP contribution in [0.1, 0.15) is 6.92 Å². The smallest absolute Gasteiger partial charge is 0.353 e. The highest BCUT2D eigenvalue weighted by molar-refractivity contribution is 8.06. The largest absolute Gasteiger partial charge is 0.477 e. The fraction of sp³-hybridized carbons (Fsp3) is 0.455. The minimum atomic E-state index is -1.16. The van der Waals surface area contributed by atoms with Crippen molar-refractivity contribution in [3.63, 3.8) is 0 Å². The summed E-state index contributed by atoms with van der Waals surface area (Å²) in [5.41, 5.74) is 5.41. The summed E-state index contributed by atoms with van der Waals surface area (Å²) in [7, 11) is 0. The lowest BCUT2D eigenvalue weighted by Crippen LogP contribution is -2.60. The molecule has 0 saturated carbocycles. The van der Waals surface area contributed by atoms with Gasteiger partial charge in [-0.25, -0.2) is 9.89 Å². The molecule has 0 aromatic carbocycles. The Hall–Kier alpha value is -1.72. The highest BCUT2D eigenvalue weighted by Gasteiger charge is 2.57. The number of anilines is 1. The molecule has 3 rings (SSSR count). The number of hydrogen-bond acceptors (Lipinski definition) is 8. The number of nitrogens with two attached hydrogens (primary N) is 1. The van der Waals surface area contributed by atoms with Gasteiger partial charge in [0.25, 0.3) is 0 Å². The third-order valence-corrected chi connectivity index (χ3v) is 5.81. The van der Waals surface area contributed by atoms with Gasteiger partial charge in [-0.1, -0.05) is 11.8 Å². The molecule has 1 aromatic rings. The van der Waals surface area contributed by atoms with Crippen LogP contribution in [0.25, 0.3) is 0 Å². The number of aliphatic hydroxyl groups excluding tert-OH is 1. The number of carboxylic acid groups (broad SMARTS) is 1. The zero-order chi connectivity index (χ0) is 16.0. The zero-order valence-electron chi connectivity index (χ0n) is 11.4. The number of rotatable bonds is 5. The van der Waals surface area contributed by atoms with Gasteiger partial charge in [-0.2, -0.15) is 4.98 Å². The highest BCUT2D eigenvalue weighted by atomic mass is 32.2. The van der Waals surface area contributed by atoms with Gasteiger partial charge in [-0.05, 0) is 6.92 Å². The van der Waals surface area contributed by atoms with Gasteiger partial charge in [-0.15, -0.1) is 16.9 Å². The van der Waals surface area contributed by atoms with Crippen LogP contribution in [-0.2, 0) is 9.59 Å². The minimum Gasteiger partial charge on any atom is -0.477 e. The number of H-pyrrole nitrogens is 1. The molecule has 118 valence electrons. The van der Waals surface area contributed by atoms with E-state index in [0.29, 0.717) is 15.8 Å². The maximum atomic E-state index is 12.0. The van der Waals surface area contributed by atoms with E-state index in [1.807, 2.05) is 0 Å². The third kappa shape index (κ3) is 2.34. The third-order valence-electron chi connectivity index (χ3n) is 3.39. The lowest BCUT2D eigenvalue weighted by atomic mass is 9.92. The van der Waals surface area contributed by atoms with E-state index in [9.17, 15) is 19.8 Å². The minimum absolute atomic E-state index is 0.0205. The van der Waals surface area contributed by atoms with Gasteiger partial charge in [0.1, 0.15) is 11.1 Å². The first-order valence-electron chi connectivity index (χ1n) is 6.35. The second-order valence-corrected chi connectivity index (χ2v) is 7.01. The van der Waals surface area contributed by atoms with Crippen molar-refractivity contribution in [2.24, 2.45) is 5.92 Å². The van der Waals surface area contributed by atoms with Crippen molar-refractivity contribution in [3.05, 3.63) is 10.6 Å². The van der Waals surface area contributed by atoms with Crippen LogP contribution in [0.4, 0.5) is 5.95 Å². The maximum Gasteiger partial charge on any atom is 0.353 e. The number of aromatic amines is 1. The van der Waals surface area contributed by atoms with Gasteiger partial charge in [0, 0.05) is 10.7 Å². The summed E-state index contributed by atoms with van der Waals surface area (Å²) in [5, 5.41) is 25.4. The molecule has 0 aliphatic carbocycles. The molecule has 0 bridgehead atoms. The zero-order valence-corrected chi connectivity index (χ0v) is 13.0. The molecule has 9 nitrogen and oxygen atoms in total. The fourth-order valence-corrected chi connectivity index (χ4v) is 4.92. The summed E-state index contributed by atoms with van der Waals surface area (Å²) in [6.07, 6.45) is -0.809. The summed E-state index contributed by atoms with van der Waals surface area (Å²) in [6, 6.07) is 0. The molecule has 5 N–H and O–H groups in total. The number of fused-ring (bicyclic) bond motifs is 1. The quantitative estimate of drug-likeness (QED) is 0.417. The van der Waals surface area contributed by atoms with Crippen LogP contribution in [-0.4, -0.2) is 59.4 Å². The number of carboxylic acids is 1. The van der Waals surface area contributed by atoms with E-state index in [1.165, 1.54) is 35.3 Å². The first kappa shape index (κ1) is 15.2. The van der Waals surface area contributed by atoms with Crippen molar-refractivity contribution in [1.82, 2.24) is 20.1 Å². The summed E-state index contributed by atoms with van der Waals surface area (Å²) in [5.74, 6) is -1.58. The molecule has 1 amide bonds. The van der Waals surface area contributed by atoms with Crippen LogP contribution < -0.4 is 5.73 Å². The number of amides is 1. The molecule has 2 aliphatic heterocycles. The molecule has 1 unspecified atom stereocenters. The van der Waals surface area contributed by atoms with E-state index in [4.69, 9.17) is 5.73 Å². The molecule has 3 atom stereocenters. The van der Waals surface area contributed by atoms with Crippen LogP contribution >= 0.6 is 23.5 Å². The molecule has 1 fully saturated rings. The Morgan fingerprint density at radius 2 is 2.36 bits per heavy atom. The van der Waals surface area contributed by atoms with E-state index in [1.54, 1.807) is 0 Å². The van der Waals surface area contributed by atoms with Crippen LogP contribution in [0.5, 0.6) is 0 Å². The van der Waals surface area contributed by atoms with Gasteiger partial charge in [-0.3, -0.25) is 9.69 Å². The molecule has 11 heteroatoms. The number of nitrogens with one attached hydrogen (secondary N) is 1. The Morgan fingerprint density at radius 1 is 1.64 bits per heavy atom. The van der Waals surface area contributed by atoms with E-state index in [-0.39, 0.29) is 22.9 Å². The number of aliphatic hydroxyl groups is 1. The Morgan fingerprint density at radius 3 is 2.91 bits per heavy atom. The Bertz CT molecular complexity index is 673. The van der Waals surface area contributed by atoms with Crippen LogP contribution in [0.15, 0.2) is 15.8 Å². The first-order chi connectivity index (χ1) is 10.4. The van der Waals surface area contributed by atoms with Crippen molar-refractivity contribution in [3.8, 4) is 0 Å². The monoisotopic (exact) mass is 343 g/mol. The number of hydrogen-bond donors (Lipinski definition) is 4. The normalized spacial score (nSPS) is 25.2. The second-order valence-electron chi connectivity index (χ2n) is 4.85. The number of aromatic nitrogens is 3. The molecule has 0 radical (unpaired) electrons. The molecule has 3 heterocycles. The number of thioether (sulfide) groups is 2. The summed E-state index contributed by atoms with van der Waals surface area (Å²) in [4.78, 5) is 29.2. The first-order valence-corrected chi connectivity index (χ1v) is 8.21. The summed E-state index contributed by atoms with van der Waals surface area (Å²) in [6.45, 7) is 1.53. The highest BCUT2D eigenvalue weighted by Crippen LogP contribution is 2.51. The fourth-order valence-electron chi connectivity index (χ4n) is 2.41. The van der Waals surface area contributed by atoms with Crippen LogP contribution in [0, 0.1) is 5.92 Å². The summed E-state index contributed by atoms with van der Waals surface area (Å²) < 4.78 is 0. The van der Waals surface area contributed by atoms with E-state index in [0.717, 1.165) is 0 Å². The van der Waals surface area contributed by atoms with E-state index >= 15 is 0 Å². The number of nitrogens with zero attached hydrogens (tertiary/aromatic N) is 3. The van der Waals surface area contributed by atoms with Gasteiger partial charge >= 0.3 is 5.97 Å². The predicted molar refractivity (Wildman–Crippen MR) is 79.6 cm³/mol. The Balaban J connectivity index is 1.78. The molecule has 2 aliphatic rings. The molecule has 22 heavy (non-hydrogen) atoms. The average Bonchev–Trinajstić information content (AvgIpc) is 2.97. The predicted octanol–water partition coefficient (Wildman–Crippen LogP) is -0.313. The lowest BCUT2D eigenvalue weighted by molar-refractivity contribution is -0.156. The number of carbonyl (C=O) groups excluding carboxylic acids is 1. The number of aliphatic carboxylic acids is 1. The number of nitrogen functional groups attached to an aromatic ring is 1.